The van der Waals surface area contributed by atoms with Crippen LogP contribution in [-0.4, -0.2) is 60.2 Å². The van der Waals surface area contributed by atoms with Crippen molar-refractivity contribution in [1.82, 2.24) is 9.80 Å². The average molecular weight is 474 g/mol. The van der Waals surface area contributed by atoms with Gasteiger partial charge in [-0.05, 0) is 86.7 Å². The number of carbonyl (C=O) groups excluding carboxylic acids is 3. The summed E-state index contributed by atoms with van der Waals surface area (Å²) in [6, 6.07) is 5.68. The first-order valence-corrected chi connectivity index (χ1v) is 13.8. The van der Waals surface area contributed by atoms with Gasteiger partial charge in [0, 0.05) is 32.7 Å². The van der Waals surface area contributed by atoms with Crippen LogP contribution in [0.1, 0.15) is 72.1 Å². The number of imide groups is 1. The van der Waals surface area contributed by atoms with Crippen LogP contribution in [0.5, 0.6) is 0 Å². The van der Waals surface area contributed by atoms with Crippen LogP contribution in [0.15, 0.2) is 30.4 Å². The van der Waals surface area contributed by atoms with Crippen LogP contribution < -0.4 is 4.90 Å². The normalized spacial score (nSPS) is 32.6. The third kappa shape index (κ3) is 3.24. The molecule has 1 spiro atoms. The number of carbonyl (C=O) groups is 3. The van der Waals surface area contributed by atoms with Crippen molar-refractivity contribution in [3.05, 3.63) is 41.5 Å². The molecule has 1 aromatic rings. The Hall–Kier alpha value is -2.63. The number of piperidine rings is 2. The van der Waals surface area contributed by atoms with E-state index in [0.29, 0.717) is 47.4 Å². The van der Waals surface area contributed by atoms with Crippen LogP contribution in [0, 0.1) is 29.1 Å². The summed E-state index contributed by atoms with van der Waals surface area (Å²) in [5.41, 5.74) is 2.39. The van der Waals surface area contributed by atoms with Crippen LogP contribution in [-0.2, 0) is 4.79 Å². The molecule has 35 heavy (non-hydrogen) atoms. The molecule has 0 aromatic heterocycles. The lowest BCUT2D eigenvalue weighted by Gasteiger charge is -2.37. The molecule has 2 bridgehead atoms. The van der Waals surface area contributed by atoms with E-state index >= 15 is 0 Å². The van der Waals surface area contributed by atoms with E-state index in [1.54, 1.807) is 0 Å². The largest absolute Gasteiger partial charge is 0.370 e. The predicted octanol–water partition coefficient (Wildman–Crippen LogP) is 4.11. The van der Waals surface area contributed by atoms with Gasteiger partial charge in [-0.15, -0.1) is 0 Å². The van der Waals surface area contributed by atoms with Gasteiger partial charge in [0.2, 0.25) is 5.91 Å². The second kappa shape index (κ2) is 7.94. The monoisotopic (exact) mass is 473 g/mol. The fourth-order valence-electron chi connectivity index (χ4n) is 8.08. The van der Waals surface area contributed by atoms with Crippen LogP contribution in [0.4, 0.5) is 5.69 Å². The first kappa shape index (κ1) is 21.6. The van der Waals surface area contributed by atoms with Crippen LogP contribution in [0.25, 0.3) is 0 Å². The first-order valence-electron chi connectivity index (χ1n) is 13.8. The third-order valence-electron chi connectivity index (χ3n) is 10.0. The number of hydrogen-bond donors (Lipinski definition) is 0. The maximum atomic E-state index is 13.7. The molecule has 3 aliphatic heterocycles. The van der Waals surface area contributed by atoms with Crippen molar-refractivity contribution in [3.8, 4) is 0 Å². The van der Waals surface area contributed by atoms with Gasteiger partial charge in [-0.3, -0.25) is 19.3 Å². The number of anilines is 1. The summed E-state index contributed by atoms with van der Waals surface area (Å²) in [5, 5.41) is 0. The number of rotatable bonds is 4. The molecule has 0 N–H and O–H groups in total. The molecular weight excluding hydrogens is 438 g/mol. The highest BCUT2D eigenvalue weighted by Crippen LogP contribution is 2.70. The Morgan fingerprint density at radius 3 is 2.57 bits per heavy atom. The number of likely N-dealkylation sites (tertiary alicyclic amines) is 1. The van der Waals surface area contributed by atoms with Gasteiger partial charge in [-0.1, -0.05) is 18.2 Å². The Bertz CT molecular complexity index is 1120. The van der Waals surface area contributed by atoms with Crippen molar-refractivity contribution in [2.45, 2.75) is 51.4 Å². The van der Waals surface area contributed by atoms with Crippen molar-refractivity contribution in [2.75, 3.05) is 37.6 Å². The lowest BCUT2D eigenvalue weighted by atomic mass is 9.88. The van der Waals surface area contributed by atoms with Gasteiger partial charge >= 0.3 is 0 Å². The Labute approximate surface area is 207 Å². The van der Waals surface area contributed by atoms with E-state index in [2.05, 4.69) is 17.1 Å². The van der Waals surface area contributed by atoms with E-state index in [0.717, 1.165) is 57.4 Å². The minimum absolute atomic E-state index is 0.0310. The van der Waals surface area contributed by atoms with E-state index in [1.807, 2.05) is 23.1 Å². The molecule has 3 aliphatic carbocycles. The number of hydrogen-bond acceptors (Lipinski definition) is 4. The smallest absolute Gasteiger partial charge is 0.263 e. The summed E-state index contributed by atoms with van der Waals surface area (Å²) < 4.78 is 0. The molecule has 1 aromatic carbocycles. The number of allylic oxidation sites excluding steroid dienone is 2. The number of nitrogens with zero attached hydrogens (tertiary/aromatic N) is 3. The lowest BCUT2D eigenvalue weighted by Crippen LogP contribution is -2.46. The van der Waals surface area contributed by atoms with Gasteiger partial charge in [0.25, 0.3) is 11.8 Å². The maximum Gasteiger partial charge on any atom is 0.263 e. The Balaban J connectivity index is 1.11. The highest BCUT2D eigenvalue weighted by Gasteiger charge is 2.63. The number of benzene rings is 1. The minimum Gasteiger partial charge on any atom is -0.370 e. The van der Waals surface area contributed by atoms with Crippen molar-refractivity contribution in [3.63, 3.8) is 0 Å². The first-order chi connectivity index (χ1) is 17.1. The summed E-state index contributed by atoms with van der Waals surface area (Å²) in [6.45, 7) is 3.73. The zero-order valence-electron chi connectivity index (χ0n) is 20.5. The SMILES string of the molecule is O=C([C@H]1CCCN(c2cccc3c2C(=O)N(C[C@@H]2C[C@H]4C=C[C@H]2C42CC2)C3=O)C1)N1CCCCC1. The van der Waals surface area contributed by atoms with Crippen LogP contribution in [0.3, 0.4) is 0 Å². The predicted molar refractivity (Wildman–Crippen MR) is 133 cm³/mol. The summed E-state index contributed by atoms with van der Waals surface area (Å²) in [5.74, 6) is 1.52. The van der Waals surface area contributed by atoms with E-state index in [9.17, 15) is 14.4 Å². The lowest BCUT2D eigenvalue weighted by molar-refractivity contribution is -0.136. The van der Waals surface area contributed by atoms with Crippen molar-refractivity contribution >= 4 is 23.4 Å². The minimum atomic E-state index is -0.138. The van der Waals surface area contributed by atoms with Crippen molar-refractivity contribution in [2.24, 2.45) is 29.1 Å². The molecule has 6 nitrogen and oxygen atoms in total. The molecule has 4 fully saturated rings. The molecule has 3 heterocycles. The molecule has 3 amide bonds. The molecule has 6 heteroatoms. The van der Waals surface area contributed by atoms with Crippen LogP contribution >= 0.6 is 0 Å². The molecule has 184 valence electrons. The highest BCUT2D eigenvalue weighted by molar-refractivity contribution is 6.23. The second-order valence-electron chi connectivity index (χ2n) is 11.8. The average Bonchev–Trinajstić information content (AvgIpc) is 3.51. The molecule has 0 unspecified atom stereocenters. The molecule has 6 aliphatic rings. The Kier molecular flexibility index (Phi) is 4.91. The van der Waals surface area contributed by atoms with Gasteiger partial charge < -0.3 is 9.80 Å². The van der Waals surface area contributed by atoms with E-state index in [4.69, 9.17) is 0 Å². The topological polar surface area (TPSA) is 60.9 Å². The Morgan fingerprint density at radius 1 is 0.971 bits per heavy atom. The van der Waals surface area contributed by atoms with Crippen molar-refractivity contribution < 1.29 is 14.4 Å². The fraction of sp³-hybridized carbons (Fsp3) is 0.621. The molecular formula is C29H35N3O3. The summed E-state index contributed by atoms with van der Waals surface area (Å²) in [4.78, 5) is 46.1. The molecule has 0 radical (unpaired) electrons. The van der Waals surface area contributed by atoms with Gasteiger partial charge in [0.05, 0.1) is 22.7 Å². The van der Waals surface area contributed by atoms with Gasteiger partial charge in [-0.2, -0.15) is 0 Å². The molecule has 2 saturated heterocycles. The van der Waals surface area contributed by atoms with E-state index in [-0.39, 0.29) is 23.6 Å². The zero-order chi connectivity index (χ0) is 23.7. The standard InChI is InChI=1S/C29H35N3O3/c33-26(30-13-2-1-3-14-30)19-6-5-15-31(17-19)24-8-4-7-22-25(24)28(35)32(27(22)34)18-20-16-21-9-10-23(20)29(21)11-12-29/h4,7-10,19-21,23H,1-3,5-6,11-18H2/t19-,20-,21+,23+/m0/s1. The number of amides is 3. The van der Waals surface area contributed by atoms with Gasteiger partial charge in [-0.25, -0.2) is 0 Å². The Morgan fingerprint density at radius 2 is 1.80 bits per heavy atom. The zero-order valence-corrected chi connectivity index (χ0v) is 20.5. The van der Waals surface area contributed by atoms with Gasteiger partial charge in [0.1, 0.15) is 0 Å². The maximum absolute atomic E-state index is 13.7. The second-order valence-corrected chi connectivity index (χ2v) is 11.8. The molecule has 7 rings (SSSR count). The fourth-order valence-corrected chi connectivity index (χ4v) is 8.08. The van der Waals surface area contributed by atoms with E-state index in [1.165, 1.54) is 24.2 Å². The quantitative estimate of drug-likeness (QED) is 0.488. The highest BCUT2D eigenvalue weighted by atomic mass is 16.2. The van der Waals surface area contributed by atoms with E-state index < -0.39 is 0 Å². The molecule has 2 saturated carbocycles. The van der Waals surface area contributed by atoms with Crippen molar-refractivity contribution in [1.29, 1.82) is 0 Å². The number of fused-ring (bicyclic) bond motifs is 1. The summed E-state index contributed by atoms with van der Waals surface area (Å²) in [6.07, 6.45) is 13.7. The third-order valence-corrected chi connectivity index (χ3v) is 10.0. The summed E-state index contributed by atoms with van der Waals surface area (Å²) in [7, 11) is 0. The van der Waals surface area contributed by atoms with Gasteiger partial charge in [0.15, 0.2) is 0 Å². The molecule has 4 atom stereocenters. The summed E-state index contributed by atoms with van der Waals surface area (Å²) >= 11 is 0. The van der Waals surface area contributed by atoms with Crippen LogP contribution in [0.2, 0.25) is 0 Å².